The van der Waals surface area contributed by atoms with E-state index in [2.05, 4.69) is 4.98 Å². The van der Waals surface area contributed by atoms with Gasteiger partial charge in [-0.05, 0) is 43.2 Å². The molecule has 4 nitrogen and oxygen atoms in total. The maximum Gasteiger partial charge on any atom is 0.341 e. The van der Waals surface area contributed by atoms with Gasteiger partial charge < -0.3 is 9.84 Å². The van der Waals surface area contributed by atoms with E-state index in [4.69, 9.17) is 9.84 Å². The Bertz CT molecular complexity index is 608. The van der Waals surface area contributed by atoms with Crippen LogP contribution in [0.2, 0.25) is 0 Å². The summed E-state index contributed by atoms with van der Waals surface area (Å²) in [6.45, 7) is 3.84. The minimum atomic E-state index is -1.05. The molecule has 2 rings (SSSR count). The van der Waals surface area contributed by atoms with Crippen molar-refractivity contribution in [2.75, 3.05) is 0 Å². The van der Waals surface area contributed by atoms with Gasteiger partial charge in [-0.1, -0.05) is 19.1 Å². The summed E-state index contributed by atoms with van der Waals surface area (Å²) < 4.78 is 5.60. The number of aromatic nitrogens is 1. The largest absolute Gasteiger partial charge is 0.477 e. The van der Waals surface area contributed by atoms with Crippen LogP contribution >= 0.6 is 0 Å². The third-order valence-electron chi connectivity index (χ3n) is 2.75. The van der Waals surface area contributed by atoms with Gasteiger partial charge in [0.05, 0.1) is 0 Å². The van der Waals surface area contributed by atoms with E-state index >= 15 is 0 Å². The van der Waals surface area contributed by atoms with Gasteiger partial charge in [-0.2, -0.15) is 0 Å². The molecule has 0 fully saturated rings. The van der Waals surface area contributed by atoms with E-state index in [1.807, 2.05) is 25.1 Å². The predicted octanol–water partition coefficient (Wildman–Crippen LogP) is 3.44. The molecule has 1 heterocycles. The van der Waals surface area contributed by atoms with Crippen LogP contribution in [0.4, 0.5) is 0 Å². The first-order valence-corrected chi connectivity index (χ1v) is 6.08. The fraction of sp³-hybridized carbons (Fsp3) is 0.200. The fourth-order valence-electron chi connectivity index (χ4n) is 1.71. The molecule has 0 atom stereocenters. The SMILES string of the molecule is CCc1cccc(Oc2nc(C)ccc2C(=O)O)c1. The molecule has 1 aromatic carbocycles. The van der Waals surface area contributed by atoms with Crippen molar-refractivity contribution in [3.8, 4) is 11.6 Å². The number of benzene rings is 1. The first kappa shape index (κ1) is 13.1. The number of nitrogens with zero attached hydrogens (tertiary/aromatic N) is 1. The van der Waals surface area contributed by atoms with Gasteiger partial charge in [0.25, 0.3) is 0 Å². The minimum absolute atomic E-state index is 0.0625. The van der Waals surface area contributed by atoms with Crippen molar-refractivity contribution in [2.45, 2.75) is 20.3 Å². The molecule has 0 spiro atoms. The first-order chi connectivity index (χ1) is 9.10. The number of rotatable bonds is 4. The monoisotopic (exact) mass is 257 g/mol. The standard InChI is InChI=1S/C15H15NO3/c1-3-11-5-4-6-12(9-11)19-14-13(15(17)18)8-7-10(2)16-14/h4-9H,3H2,1-2H3,(H,17,18). The maximum absolute atomic E-state index is 11.1. The van der Waals surface area contributed by atoms with E-state index in [-0.39, 0.29) is 11.4 Å². The van der Waals surface area contributed by atoms with Crippen LogP contribution in [0.15, 0.2) is 36.4 Å². The van der Waals surface area contributed by atoms with Gasteiger partial charge in [-0.3, -0.25) is 0 Å². The molecule has 0 aliphatic rings. The normalized spacial score (nSPS) is 10.2. The molecule has 0 saturated carbocycles. The predicted molar refractivity (Wildman–Crippen MR) is 71.8 cm³/mol. The zero-order valence-electron chi connectivity index (χ0n) is 10.9. The van der Waals surface area contributed by atoms with Gasteiger partial charge in [-0.15, -0.1) is 0 Å². The highest BCUT2D eigenvalue weighted by Gasteiger charge is 2.13. The van der Waals surface area contributed by atoms with Crippen LogP contribution in [0.1, 0.15) is 28.5 Å². The number of hydrogen-bond acceptors (Lipinski definition) is 3. The van der Waals surface area contributed by atoms with Crippen molar-refractivity contribution in [3.63, 3.8) is 0 Å². The van der Waals surface area contributed by atoms with Gasteiger partial charge in [0.2, 0.25) is 5.88 Å². The molecule has 98 valence electrons. The Labute approximate surface area is 111 Å². The smallest absolute Gasteiger partial charge is 0.341 e. The molecular formula is C15H15NO3. The molecule has 0 bridgehead atoms. The molecule has 0 saturated heterocycles. The summed E-state index contributed by atoms with van der Waals surface area (Å²) >= 11 is 0. The summed E-state index contributed by atoms with van der Waals surface area (Å²) in [5, 5.41) is 9.12. The van der Waals surface area contributed by atoms with E-state index in [1.165, 1.54) is 6.07 Å². The van der Waals surface area contributed by atoms with Crippen molar-refractivity contribution in [2.24, 2.45) is 0 Å². The topological polar surface area (TPSA) is 59.4 Å². The van der Waals surface area contributed by atoms with E-state index in [1.54, 1.807) is 19.1 Å². The van der Waals surface area contributed by atoms with Gasteiger partial charge in [-0.25, -0.2) is 9.78 Å². The van der Waals surface area contributed by atoms with Gasteiger partial charge in [0.15, 0.2) is 0 Å². The lowest BCUT2D eigenvalue weighted by Gasteiger charge is -2.09. The van der Waals surface area contributed by atoms with Crippen LogP contribution in [0.25, 0.3) is 0 Å². The van der Waals surface area contributed by atoms with E-state index in [9.17, 15) is 4.79 Å². The van der Waals surface area contributed by atoms with Crippen molar-refractivity contribution in [1.82, 2.24) is 4.98 Å². The van der Waals surface area contributed by atoms with Crippen molar-refractivity contribution >= 4 is 5.97 Å². The van der Waals surface area contributed by atoms with Crippen LogP contribution in [0.5, 0.6) is 11.6 Å². The molecule has 4 heteroatoms. The average Bonchev–Trinajstić information content (AvgIpc) is 2.38. The molecule has 0 unspecified atom stereocenters. The number of hydrogen-bond donors (Lipinski definition) is 1. The highest BCUT2D eigenvalue weighted by Crippen LogP contribution is 2.24. The molecule has 0 amide bonds. The summed E-state index contributed by atoms with van der Waals surface area (Å²) in [7, 11) is 0. The Morgan fingerprint density at radius 2 is 2.11 bits per heavy atom. The summed E-state index contributed by atoms with van der Waals surface area (Å²) in [6, 6.07) is 10.7. The third kappa shape index (κ3) is 3.10. The first-order valence-electron chi connectivity index (χ1n) is 6.08. The molecule has 0 aliphatic carbocycles. The zero-order valence-corrected chi connectivity index (χ0v) is 10.9. The van der Waals surface area contributed by atoms with Crippen LogP contribution in [0.3, 0.4) is 0 Å². The van der Waals surface area contributed by atoms with E-state index in [0.717, 1.165) is 12.0 Å². The van der Waals surface area contributed by atoms with Gasteiger partial charge >= 0.3 is 5.97 Å². The molecule has 1 aromatic heterocycles. The summed E-state index contributed by atoms with van der Waals surface area (Å²) in [4.78, 5) is 15.3. The summed E-state index contributed by atoms with van der Waals surface area (Å²) in [6.07, 6.45) is 0.893. The Hall–Kier alpha value is -2.36. The summed E-state index contributed by atoms with van der Waals surface area (Å²) in [5.74, 6) is -0.324. The number of carboxylic acids is 1. The average molecular weight is 257 g/mol. The maximum atomic E-state index is 11.1. The van der Waals surface area contributed by atoms with E-state index < -0.39 is 5.97 Å². The van der Waals surface area contributed by atoms with Crippen LogP contribution in [-0.4, -0.2) is 16.1 Å². The van der Waals surface area contributed by atoms with Crippen molar-refractivity contribution in [3.05, 3.63) is 53.2 Å². The van der Waals surface area contributed by atoms with E-state index in [0.29, 0.717) is 11.4 Å². The van der Waals surface area contributed by atoms with Gasteiger partial charge in [0.1, 0.15) is 11.3 Å². The number of ether oxygens (including phenoxy) is 1. The van der Waals surface area contributed by atoms with Crippen LogP contribution in [-0.2, 0) is 6.42 Å². The highest BCUT2D eigenvalue weighted by molar-refractivity contribution is 5.90. The molecule has 2 aromatic rings. The molecular weight excluding hydrogens is 242 g/mol. The number of carbonyl (C=O) groups is 1. The minimum Gasteiger partial charge on any atom is -0.477 e. The number of aromatic carboxylic acids is 1. The second-order valence-electron chi connectivity index (χ2n) is 4.21. The van der Waals surface area contributed by atoms with Crippen LogP contribution < -0.4 is 4.74 Å². The number of pyridine rings is 1. The lowest BCUT2D eigenvalue weighted by atomic mass is 10.2. The number of carboxylic acid groups (broad SMARTS) is 1. The molecule has 0 radical (unpaired) electrons. The molecule has 1 N–H and O–H groups in total. The fourth-order valence-corrected chi connectivity index (χ4v) is 1.71. The highest BCUT2D eigenvalue weighted by atomic mass is 16.5. The van der Waals surface area contributed by atoms with Gasteiger partial charge in [0, 0.05) is 5.69 Å². The third-order valence-corrected chi connectivity index (χ3v) is 2.75. The van der Waals surface area contributed by atoms with Crippen molar-refractivity contribution in [1.29, 1.82) is 0 Å². The Morgan fingerprint density at radius 1 is 1.32 bits per heavy atom. The Kier molecular flexibility index (Phi) is 3.80. The lowest BCUT2D eigenvalue weighted by molar-refractivity contribution is 0.0693. The quantitative estimate of drug-likeness (QED) is 0.911. The number of aryl methyl sites for hydroxylation is 2. The zero-order chi connectivity index (χ0) is 13.8. The second-order valence-corrected chi connectivity index (χ2v) is 4.21. The Morgan fingerprint density at radius 3 is 2.79 bits per heavy atom. The van der Waals surface area contributed by atoms with Crippen molar-refractivity contribution < 1.29 is 14.6 Å². The molecule has 19 heavy (non-hydrogen) atoms. The lowest BCUT2D eigenvalue weighted by Crippen LogP contribution is -2.03. The molecule has 0 aliphatic heterocycles. The van der Waals surface area contributed by atoms with Crippen LogP contribution in [0, 0.1) is 6.92 Å². The summed E-state index contributed by atoms with van der Waals surface area (Å²) in [5.41, 5.74) is 1.90. The second kappa shape index (κ2) is 5.52. The Balaban J connectivity index is 2.36.